The monoisotopic (exact) mass is 241 g/mol. The van der Waals surface area contributed by atoms with Gasteiger partial charge < -0.3 is 10.2 Å². The van der Waals surface area contributed by atoms with E-state index in [-0.39, 0.29) is 11.3 Å². The number of carbonyl (C=O) groups is 1. The molecule has 0 bridgehead atoms. The molecular formula is C14H11NO3. The van der Waals surface area contributed by atoms with Crippen LogP contribution < -0.4 is 0 Å². The number of nitrogens with zero attached hydrogens (tertiary/aromatic N) is 1. The molecule has 0 amide bonds. The number of phenols is 1. The Labute approximate surface area is 104 Å². The Balaban J connectivity index is 2.47. The van der Waals surface area contributed by atoms with Crippen LogP contribution in [0.3, 0.4) is 0 Å². The number of rotatable bonds is 3. The lowest BCUT2D eigenvalue weighted by molar-refractivity contribution is -0.130. The number of carboxylic acid groups (broad SMARTS) is 1. The Morgan fingerprint density at radius 2 is 1.89 bits per heavy atom. The molecule has 0 radical (unpaired) electrons. The maximum Gasteiger partial charge on any atom is 0.336 e. The summed E-state index contributed by atoms with van der Waals surface area (Å²) in [5.41, 5.74) is 1.32. The van der Waals surface area contributed by atoms with Crippen molar-refractivity contribution in [3.8, 4) is 5.75 Å². The molecule has 4 heteroatoms. The van der Waals surface area contributed by atoms with E-state index >= 15 is 0 Å². The van der Waals surface area contributed by atoms with Crippen LogP contribution in [0.4, 0.5) is 0 Å². The Morgan fingerprint density at radius 3 is 2.50 bits per heavy atom. The van der Waals surface area contributed by atoms with Crippen molar-refractivity contribution < 1.29 is 15.0 Å². The Hall–Kier alpha value is -2.62. The van der Waals surface area contributed by atoms with Gasteiger partial charge in [-0.25, -0.2) is 4.79 Å². The minimum Gasteiger partial charge on any atom is -0.508 e. The first-order valence-electron chi connectivity index (χ1n) is 5.31. The number of hydrogen-bond donors (Lipinski definition) is 2. The van der Waals surface area contributed by atoms with Gasteiger partial charge in [-0.3, -0.25) is 4.98 Å². The van der Waals surface area contributed by atoms with Crippen LogP contribution in [-0.2, 0) is 4.79 Å². The molecule has 1 heterocycles. The first-order valence-corrected chi connectivity index (χ1v) is 5.31. The molecule has 1 aromatic heterocycles. The third-order valence-corrected chi connectivity index (χ3v) is 2.40. The SMILES string of the molecule is O=C(O)/C(=C\c1ccncc1)c1cccc(O)c1. The standard InChI is InChI=1S/C14H11NO3/c16-12-3-1-2-11(9-12)13(14(17)18)8-10-4-6-15-7-5-10/h1-9,16H,(H,17,18)/b13-8-. The number of aliphatic carboxylic acids is 1. The highest BCUT2D eigenvalue weighted by molar-refractivity contribution is 6.20. The van der Waals surface area contributed by atoms with Crippen molar-refractivity contribution in [1.29, 1.82) is 0 Å². The zero-order valence-electron chi connectivity index (χ0n) is 9.45. The van der Waals surface area contributed by atoms with E-state index in [9.17, 15) is 15.0 Å². The smallest absolute Gasteiger partial charge is 0.336 e. The Kier molecular flexibility index (Phi) is 3.38. The number of pyridine rings is 1. The molecule has 2 N–H and O–H groups in total. The van der Waals surface area contributed by atoms with Gasteiger partial charge in [0.2, 0.25) is 0 Å². The summed E-state index contributed by atoms with van der Waals surface area (Å²) < 4.78 is 0. The van der Waals surface area contributed by atoms with Gasteiger partial charge >= 0.3 is 5.97 Å². The van der Waals surface area contributed by atoms with Crippen LogP contribution in [0.2, 0.25) is 0 Å². The molecule has 0 fully saturated rings. The Morgan fingerprint density at radius 1 is 1.17 bits per heavy atom. The van der Waals surface area contributed by atoms with E-state index in [1.807, 2.05) is 0 Å². The fourth-order valence-corrected chi connectivity index (χ4v) is 1.57. The van der Waals surface area contributed by atoms with Crippen LogP contribution in [0.5, 0.6) is 5.75 Å². The summed E-state index contributed by atoms with van der Waals surface area (Å²) in [5, 5.41) is 18.6. The first-order chi connectivity index (χ1) is 8.66. The second-order valence-corrected chi connectivity index (χ2v) is 3.69. The topological polar surface area (TPSA) is 70.4 Å². The lowest BCUT2D eigenvalue weighted by Gasteiger charge is -2.03. The average molecular weight is 241 g/mol. The molecule has 1 aromatic carbocycles. The summed E-state index contributed by atoms with van der Waals surface area (Å²) in [6, 6.07) is 9.59. The van der Waals surface area contributed by atoms with E-state index < -0.39 is 5.97 Å². The van der Waals surface area contributed by atoms with E-state index in [0.717, 1.165) is 5.56 Å². The summed E-state index contributed by atoms with van der Waals surface area (Å²) in [6.45, 7) is 0. The second kappa shape index (κ2) is 5.14. The number of phenolic OH excluding ortho intramolecular Hbond substituents is 1. The van der Waals surface area contributed by atoms with Crippen LogP contribution in [0.1, 0.15) is 11.1 Å². The van der Waals surface area contributed by atoms with Crippen molar-refractivity contribution in [2.24, 2.45) is 0 Å². The summed E-state index contributed by atoms with van der Waals surface area (Å²) in [4.78, 5) is 15.1. The van der Waals surface area contributed by atoms with Gasteiger partial charge in [0, 0.05) is 12.4 Å². The molecule has 0 spiro atoms. The lowest BCUT2D eigenvalue weighted by atomic mass is 10.0. The van der Waals surface area contributed by atoms with Crippen LogP contribution in [0, 0.1) is 0 Å². The van der Waals surface area contributed by atoms with Gasteiger partial charge in [-0.05, 0) is 41.5 Å². The predicted molar refractivity (Wildman–Crippen MR) is 67.9 cm³/mol. The van der Waals surface area contributed by atoms with E-state index in [1.54, 1.807) is 42.7 Å². The molecule has 0 unspecified atom stereocenters. The fraction of sp³-hybridized carbons (Fsp3) is 0. The van der Waals surface area contributed by atoms with Gasteiger partial charge in [-0.1, -0.05) is 12.1 Å². The van der Waals surface area contributed by atoms with E-state index in [2.05, 4.69) is 4.98 Å². The van der Waals surface area contributed by atoms with Gasteiger partial charge in [-0.2, -0.15) is 0 Å². The van der Waals surface area contributed by atoms with Crippen molar-refractivity contribution >= 4 is 17.6 Å². The molecule has 0 atom stereocenters. The minimum absolute atomic E-state index is 0.0365. The fourth-order valence-electron chi connectivity index (χ4n) is 1.57. The third-order valence-electron chi connectivity index (χ3n) is 2.40. The van der Waals surface area contributed by atoms with Crippen molar-refractivity contribution in [1.82, 2.24) is 4.98 Å². The van der Waals surface area contributed by atoms with E-state index in [1.165, 1.54) is 12.1 Å². The van der Waals surface area contributed by atoms with Gasteiger partial charge in [0.05, 0.1) is 5.57 Å². The van der Waals surface area contributed by atoms with Crippen LogP contribution in [-0.4, -0.2) is 21.2 Å². The molecule has 18 heavy (non-hydrogen) atoms. The zero-order chi connectivity index (χ0) is 13.0. The average Bonchev–Trinajstić information content (AvgIpc) is 2.37. The highest BCUT2D eigenvalue weighted by Gasteiger charge is 2.10. The maximum atomic E-state index is 11.3. The van der Waals surface area contributed by atoms with Gasteiger partial charge in [0.15, 0.2) is 0 Å². The zero-order valence-corrected chi connectivity index (χ0v) is 9.45. The molecule has 2 rings (SSSR count). The predicted octanol–water partition coefficient (Wildman–Crippen LogP) is 2.41. The molecule has 0 aliphatic carbocycles. The molecule has 0 saturated heterocycles. The van der Waals surface area contributed by atoms with Crippen molar-refractivity contribution in [3.63, 3.8) is 0 Å². The second-order valence-electron chi connectivity index (χ2n) is 3.69. The molecule has 0 saturated carbocycles. The first kappa shape index (κ1) is 11.9. The summed E-state index contributed by atoms with van der Waals surface area (Å²) in [6.07, 6.45) is 4.72. The highest BCUT2D eigenvalue weighted by atomic mass is 16.4. The van der Waals surface area contributed by atoms with Crippen molar-refractivity contribution in [2.45, 2.75) is 0 Å². The summed E-state index contributed by atoms with van der Waals surface area (Å²) in [7, 11) is 0. The molecular weight excluding hydrogens is 230 g/mol. The number of aromatic nitrogens is 1. The quantitative estimate of drug-likeness (QED) is 0.809. The van der Waals surface area contributed by atoms with E-state index in [0.29, 0.717) is 5.56 Å². The van der Waals surface area contributed by atoms with Crippen LogP contribution in [0.15, 0.2) is 48.8 Å². The Bertz CT molecular complexity index is 591. The largest absolute Gasteiger partial charge is 0.508 e. The minimum atomic E-state index is -1.04. The normalized spacial score (nSPS) is 11.2. The lowest BCUT2D eigenvalue weighted by Crippen LogP contribution is -1.99. The van der Waals surface area contributed by atoms with Crippen molar-refractivity contribution in [2.75, 3.05) is 0 Å². The van der Waals surface area contributed by atoms with Crippen molar-refractivity contribution in [3.05, 3.63) is 59.9 Å². The van der Waals surface area contributed by atoms with Gasteiger partial charge in [0.25, 0.3) is 0 Å². The number of hydrogen-bond acceptors (Lipinski definition) is 3. The molecule has 2 aromatic rings. The maximum absolute atomic E-state index is 11.3. The number of benzene rings is 1. The van der Waals surface area contributed by atoms with Crippen LogP contribution >= 0.6 is 0 Å². The molecule has 90 valence electrons. The summed E-state index contributed by atoms with van der Waals surface area (Å²) >= 11 is 0. The van der Waals surface area contributed by atoms with Crippen LogP contribution in [0.25, 0.3) is 11.6 Å². The summed E-state index contributed by atoms with van der Waals surface area (Å²) in [5.74, 6) is -1.01. The third kappa shape index (κ3) is 2.74. The molecule has 4 nitrogen and oxygen atoms in total. The number of aromatic hydroxyl groups is 1. The van der Waals surface area contributed by atoms with Gasteiger partial charge in [0.1, 0.15) is 5.75 Å². The van der Waals surface area contributed by atoms with E-state index in [4.69, 9.17) is 0 Å². The van der Waals surface area contributed by atoms with Gasteiger partial charge in [-0.15, -0.1) is 0 Å². The highest BCUT2D eigenvalue weighted by Crippen LogP contribution is 2.21. The molecule has 0 aliphatic heterocycles. The molecule has 0 aliphatic rings. The number of carboxylic acids is 1.